The lowest BCUT2D eigenvalue weighted by Gasteiger charge is -2.27. The zero-order valence-electron chi connectivity index (χ0n) is 14.2. The molecule has 5 N–H and O–H groups in total. The predicted octanol–water partition coefficient (Wildman–Crippen LogP) is 2.06. The van der Waals surface area contributed by atoms with Crippen LogP contribution in [0.2, 0.25) is 0 Å². The number of hydrogen-bond acceptors (Lipinski definition) is 3. The number of benzene rings is 1. The highest BCUT2D eigenvalue weighted by Crippen LogP contribution is 2.34. The van der Waals surface area contributed by atoms with Gasteiger partial charge in [-0.3, -0.25) is 4.99 Å². The molecule has 0 heterocycles. The number of nitrogens with two attached hydrogens (primary N) is 2. The summed E-state index contributed by atoms with van der Waals surface area (Å²) in [5, 5.41) is 0. The van der Waals surface area contributed by atoms with E-state index in [0.717, 1.165) is 37.8 Å². The molecule has 6 nitrogen and oxygen atoms in total. The third-order valence-electron chi connectivity index (χ3n) is 4.54. The highest BCUT2D eigenvalue weighted by Gasteiger charge is 2.37. The predicted molar refractivity (Wildman–Crippen MR) is 92.8 cm³/mol. The number of nitrogens with one attached hydrogen (secondary N) is 1. The summed E-state index contributed by atoms with van der Waals surface area (Å²) >= 11 is 0. The molecule has 1 fully saturated rings. The van der Waals surface area contributed by atoms with E-state index in [4.69, 9.17) is 11.5 Å². The van der Waals surface area contributed by atoms with Gasteiger partial charge in [0.05, 0.1) is 10.5 Å². The molecule has 2 rings (SSSR count). The quantitative estimate of drug-likeness (QED) is 0.508. The van der Waals surface area contributed by atoms with Gasteiger partial charge >= 0.3 is 6.18 Å². The minimum absolute atomic E-state index is 0.0446. The first-order valence-corrected chi connectivity index (χ1v) is 9.79. The molecule has 0 aromatic heterocycles. The van der Waals surface area contributed by atoms with Crippen molar-refractivity contribution in [2.75, 3.05) is 13.1 Å². The van der Waals surface area contributed by atoms with E-state index in [2.05, 4.69) is 9.71 Å². The Balaban J connectivity index is 1.95. The molecule has 0 atom stereocenters. The Bertz CT molecular complexity index is 738. The molecule has 10 heteroatoms. The van der Waals surface area contributed by atoms with Gasteiger partial charge < -0.3 is 11.5 Å². The first-order valence-electron chi connectivity index (χ1n) is 8.31. The van der Waals surface area contributed by atoms with E-state index in [0.29, 0.717) is 12.5 Å². The van der Waals surface area contributed by atoms with Crippen LogP contribution >= 0.6 is 0 Å². The molecular formula is C16H23F3N4O2S. The van der Waals surface area contributed by atoms with Gasteiger partial charge in [0.1, 0.15) is 0 Å². The van der Waals surface area contributed by atoms with Crippen molar-refractivity contribution in [3.05, 3.63) is 29.8 Å². The number of nitrogens with zero attached hydrogens (tertiary/aromatic N) is 1. The Hall–Kier alpha value is -1.81. The van der Waals surface area contributed by atoms with Crippen molar-refractivity contribution in [3.8, 4) is 0 Å². The molecule has 0 amide bonds. The van der Waals surface area contributed by atoms with Crippen molar-refractivity contribution in [2.45, 2.75) is 36.8 Å². The fourth-order valence-electron chi connectivity index (χ4n) is 3.09. The fourth-order valence-corrected chi connectivity index (χ4v) is 4.43. The summed E-state index contributed by atoms with van der Waals surface area (Å²) in [5.74, 6) is 0.470. The van der Waals surface area contributed by atoms with Crippen LogP contribution in [-0.4, -0.2) is 27.5 Å². The third-order valence-corrected chi connectivity index (χ3v) is 6.02. The van der Waals surface area contributed by atoms with Crippen LogP contribution in [0.5, 0.6) is 0 Å². The van der Waals surface area contributed by atoms with Crippen LogP contribution in [0.4, 0.5) is 13.2 Å². The average Bonchev–Trinajstić information content (AvgIpc) is 2.58. The number of aliphatic imine (C=N–C) groups is 1. The Labute approximate surface area is 150 Å². The minimum atomic E-state index is -4.73. The van der Waals surface area contributed by atoms with Crippen LogP contribution in [0.25, 0.3) is 0 Å². The Morgan fingerprint density at radius 2 is 1.69 bits per heavy atom. The van der Waals surface area contributed by atoms with Crippen LogP contribution in [-0.2, 0) is 16.2 Å². The molecule has 0 unspecified atom stereocenters. The van der Waals surface area contributed by atoms with E-state index in [1.807, 2.05) is 0 Å². The highest BCUT2D eigenvalue weighted by atomic mass is 32.2. The van der Waals surface area contributed by atoms with Crippen LogP contribution in [0.1, 0.15) is 31.2 Å². The lowest BCUT2D eigenvalue weighted by atomic mass is 9.82. The SMILES string of the molecule is NC(N)=NCC1CCC(CNS(=O)(=O)c2ccccc2C(F)(F)F)CC1. The van der Waals surface area contributed by atoms with Gasteiger partial charge in [-0.05, 0) is 49.7 Å². The highest BCUT2D eigenvalue weighted by molar-refractivity contribution is 7.89. The zero-order valence-corrected chi connectivity index (χ0v) is 15.0. The average molecular weight is 392 g/mol. The number of sulfonamides is 1. The van der Waals surface area contributed by atoms with Crippen molar-refractivity contribution in [1.82, 2.24) is 4.72 Å². The molecule has 1 saturated carbocycles. The molecule has 1 aromatic carbocycles. The second-order valence-electron chi connectivity index (χ2n) is 6.50. The van der Waals surface area contributed by atoms with Crippen molar-refractivity contribution < 1.29 is 21.6 Å². The lowest BCUT2D eigenvalue weighted by molar-refractivity contribution is -0.139. The van der Waals surface area contributed by atoms with Crippen LogP contribution in [0.3, 0.4) is 0 Å². The normalized spacial score (nSPS) is 21.3. The van der Waals surface area contributed by atoms with Gasteiger partial charge in [0.2, 0.25) is 10.0 Å². The maximum atomic E-state index is 13.0. The second kappa shape index (κ2) is 8.26. The van der Waals surface area contributed by atoms with Crippen molar-refractivity contribution in [3.63, 3.8) is 0 Å². The summed E-state index contributed by atoms with van der Waals surface area (Å²) in [5.41, 5.74) is 9.44. The molecule has 0 bridgehead atoms. The monoisotopic (exact) mass is 392 g/mol. The van der Waals surface area contributed by atoms with Gasteiger partial charge in [0.25, 0.3) is 0 Å². The van der Waals surface area contributed by atoms with E-state index in [1.165, 1.54) is 12.1 Å². The van der Waals surface area contributed by atoms with E-state index >= 15 is 0 Å². The van der Waals surface area contributed by atoms with Crippen molar-refractivity contribution >= 4 is 16.0 Å². The standard InChI is InChI=1S/C16H23F3N4O2S/c17-16(18,19)13-3-1-2-4-14(13)26(24,25)23-10-12-7-5-11(6-8-12)9-22-15(20)21/h1-4,11-12,23H,5-10H2,(H4,20,21,22). The lowest BCUT2D eigenvalue weighted by Crippen LogP contribution is -2.33. The molecule has 1 aliphatic carbocycles. The molecule has 0 spiro atoms. The van der Waals surface area contributed by atoms with E-state index in [1.54, 1.807) is 0 Å². The summed E-state index contributed by atoms with van der Waals surface area (Å²) in [4.78, 5) is 3.24. The summed E-state index contributed by atoms with van der Waals surface area (Å²) in [7, 11) is -4.23. The van der Waals surface area contributed by atoms with E-state index in [-0.39, 0.29) is 18.4 Å². The molecule has 146 valence electrons. The van der Waals surface area contributed by atoms with E-state index < -0.39 is 26.7 Å². The van der Waals surface area contributed by atoms with E-state index in [9.17, 15) is 21.6 Å². The van der Waals surface area contributed by atoms with Crippen molar-refractivity contribution in [1.29, 1.82) is 0 Å². The van der Waals surface area contributed by atoms with Crippen LogP contribution in [0.15, 0.2) is 34.2 Å². The third kappa shape index (κ3) is 5.60. The van der Waals surface area contributed by atoms with Gasteiger partial charge in [-0.25, -0.2) is 13.1 Å². The first kappa shape index (κ1) is 20.5. The molecule has 0 radical (unpaired) electrons. The summed E-state index contributed by atoms with van der Waals surface area (Å²) in [6, 6.07) is 4.18. The molecule has 0 saturated heterocycles. The van der Waals surface area contributed by atoms with Gasteiger partial charge in [-0.15, -0.1) is 0 Å². The zero-order chi connectivity index (χ0) is 19.4. The van der Waals surface area contributed by atoms with Gasteiger partial charge in [0, 0.05) is 13.1 Å². The Morgan fingerprint density at radius 3 is 2.27 bits per heavy atom. The number of hydrogen-bond donors (Lipinski definition) is 3. The van der Waals surface area contributed by atoms with Gasteiger partial charge in [-0.2, -0.15) is 13.2 Å². The minimum Gasteiger partial charge on any atom is -0.370 e. The summed E-state index contributed by atoms with van der Waals surface area (Å²) in [6.07, 6.45) is -1.48. The first-order chi connectivity index (χ1) is 12.1. The summed E-state index contributed by atoms with van der Waals surface area (Å²) in [6.45, 7) is 0.656. The largest absolute Gasteiger partial charge is 0.417 e. The van der Waals surface area contributed by atoms with Crippen LogP contribution < -0.4 is 16.2 Å². The number of rotatable bonds is 6. The maximum Gasteiger partial charge on any atom is 0.417 e. The summed E-state index contributed by atoms with van der Waals surface area (Å²) < 4.78 is 66.1. The number of guanidine groups is 1. The molecule has 26 heavy (non-hydrogen) atoms. The molecule has 1 aromatic rings. The topological polar surface area (TPSA) is 111 Å². The second-order valence-corrected chi connectivity index (χ2v) is 8.23. The smallest absolute Gasteiger partial charge is 0.370 e. The Morgan fingerprint density at radius 1 is 1.12 bits per heavy atom. The van der Waals surface area contributed by atoms with Gasteiger partial charge in [0.15, 0.2) is 5.96 Å². The maximum absolute atomic E-state index is 13.0. The number of alkyl halides is 3. The number of halogens is 3. The molecular weight excluding hydrogens is 369 g/mol. The van der Waals surface area contributed by atoms with Gasteiger partial charge in [-0.1, -0.05) is 12.1 Å². The van der Waals surface area contributed by atoms with Crippen molar-refractivity contribution in [2.24, 2.45) is 28.3 Å². The Kier molecular flexibility index (Phi) is 6.51. The fraction of sp³-hybridized carbons (Fsp3) is 0.562. The molecule has 0 aliphatic heterocycles. The molecule has 1 aliphatic rings. The van der Waals surface area contributed by atoms with Crippen LogP contribution in [0, 0.1) is 11.8 Å².